The number of carbonyl (C=O) groups is 1. The van der Waals surface area contributed by atoms with Crippen LogP contribution in [0.3, 0.4) is 0 Å². The Balaban J connectivity index is 2.06. The second-order valence-corrected chi connectivity index (χ2v) is 8.53. The van der Waals surface area contributed by atoms with Crippen LogP contribution in [0.25, 0.3) is 0 Å². The van der Waals surface area contributed by atoms with Crippen molar-refractivity contribution in [1.29, 1.82) is 0 Å². The van der Waals surface area contributed by atoms with E-state index in [-0.39, 0.29) is 18.5 Å². The Bertz CT molecular complexity index is 673. The normalized spacial score (nSPS) is 16.5. The number of hydrogen-bond acceptors (Lipinski definition) is 3. The molecule has 0 aromatic heterocycles. The monoisotopic (exact) mass is 378 g/mol. The molecule has 128 valence electrons. The van der Waals surface area contributed by atoms with E-state index in [1.54, 1.807) is 12.1 Å². The molecular formula is C15H20Cl2N2O3S. The van der Waals surface area contributed by atoms with E-state index in [4.69, 9.17) is 23.2 Å². The first-order chi connectivity index (χ1) is 10.8. The van der Waals surface area contributed by atoms with Gasteiger partial charge in [-0.25, -0.2) is 8.42 Å². The summed E-state index contributed by atoms with van der Waals surface area (Å²) in [5.74, 6) is -0.389. The first kappa shape index (κ1) is 18.5. The van der Waals surface area contributed by atoms with Gasteiger partial charge in [-0.3, -0.25) is 4.79 Å². The molecule has 23 heavy (non-hydrogen) atoms. The van der Waals surface area contributed by atoms with Crippen LogP contribution in [-0.4, -0.2) is 37.5 Å². The third-order valence-corrected chi connectivity index (χ3v) is 5.93. The summed E-state index contributed by atoms with van der Waals surface area (Å²) < 4.78 is 25.4. The van der Waals surface area contributed by atoms with Gasteiger partial charge >= 0.3 is 0 Å². The molecule has 0 saturated heterocycles. The number of hydrogen-bond donors (Lipinski definition) is 1. The highest BCUT2D eigenvalue weighted by Gasteiger charge is 2.29. The second-order valence-electron chi connectivity index (χ2n) is 5.78. The van der Waals surface area contributed by atoms with Crippen LogP contribution in [0.2, 0.25) is 10.0 Å². The van der Waals surface area contributed by atoms with Crippen molar-refractivity contribution in [2.24, 2.45) is 0 Å². The Morgan fingerprint density at radius 2 is 1.87 bits per heavy atom. The highest BCUT2D eigenvalue weighted by Crippen LogP contribution is 2.26. The molecule has 1 aliphatic carbocycles. The van der Waals surface area contributed by atoms with Gasteiger partial charge in [0.1, 0.15) is 0 Å². The number of anilines is 1. The maximum atomic E-state index is 12.2. The van der Waals surface area contributed by atoms with Crippen LogP contribution >= 0.6 is 23.2 Å². The Hall–Kier alpha value is -0.820. The molecule has 0 bridgehead atoms. The van der Waals surface area contributed by atoms with Crippen LogP contribution in [-0.2, 0) is 14.8 Å². The lowest BCUT2D eigenvalue weighted by Crippen LogP contribution is -2.45. The molecule has 0 heterocycles. The molecule has 5 nitrogen and oxygen atoms in total. The third-order valence-electron chi connectivity index (χ3n) is 3.91. The van der Waals surface area contributed by atoms with E-state index in [1.165, 1.54) is 10.4 Å². The number of nitrogens with one attached hydrogen (secondary N) is 1. The molecular weight excluding hydrogens is 359 g/mol. The first-order valence-electron chi connectivity index (χ1n) is 7.49. The standard InChI is InChI=1S/C15H20Cl2N2O3S/c1-23(21,22)19(12-5-3-2-4-6-12)10-15(20)18-11-7-8-13(16)14(17)9-11/h7-9,12H,2-6,10H2,1H3,(H,18,20). The quantitative estimate of drug-likeness (QED) is 0.851. The Morgan fingerprint density at radius 3 is 2.43 bits per heavy atom. The van der Waals surface area contributed by atoms with Crippen molar-refractivity contribution in [3.05, 3.63) is 28.2 Å². The molecule has 1 N–H and O–H groups in total. The molecule has 1 aromatic rings. The van der Waals surface area contributed by atoms with Gasteiger partial charge in [0, 0.05) is 11.7 Å². The average Bonchev–Trinajstić information content (AvgIpc) is 2.48. The fourth-order valence-corrected chi connectivity index (χ4v) is 4.20. The van der Waals surface area contributed by atoms with Crippen molar-refractivity contribution in [3.8, 4) is 0 Å². The van der Waals surface area contributed by atoms with Gasteiger partial charge in [-0.15, -0.1) is 0 Å². The van der Waals surface area contributed by atoms with Gasteiger partial charge in [0.05, 0.1) is 22.8 Å². The summed E-state index contributed by atoms with van der Waals surface area (Å²) in [5.41, 5.74) is 0.487. The van der Waals surface area contributed by atoms with Crippen LogP contribution < -0.4 is 5.32 Å². The molecule has 1 saturated carbocycles. The zero-order valence-corrected chi connectivity index (χ0v) is 15.2. The number of nitrogens with zero attached hydrogens (tertiary/aromatic N) is 1. The van der Waals surface area contributed by atoms with Crippen molar-refractivity contribution in [1.82, 2.24) is 4.31 Å². The highest BCUT2D eigenvalue weighted by molar-refractivity contribution is 7.88. The lowest BCUT2D eigenvalue weighted by atomic mass is 9.95. The van der Waals surface area contributed by atoms with E-state index in [9.17, 15) is 13.2 Å². The summed E-state index contributed by atoms with van der Waals surface area (Å²) in [5, 5.41) is 3.39. The lowest BCUT2D eigenvalue weighted by Gasteiger charge is -2.31. The summed E-state index contributed by atoms with van der Waals surface area (Å²) in [7, 11) is -3.44. The summed E-state index contributed by atoms with van der Waals surface area (Å²) in [4.78, 5) is 12.2. The third kappa shape index (κ3) is 5.35. The SMILES string of the molecule is CS(=O)(=O)N(CC(=O)Nc1ccc(Cl)c(Cl)c1)C1CCCCC1. The van der Waals surface area contributed by atoms with Gasteiger partial charge in [0.15, 0.2) is 0 Å². The Morgan fingerprint density at radius 1 is 1.22 bits per heavy atom. The van der Waals surface area contributed by atoms with Crippen LogP contribution in [0.1, 0.15) is 32.1 Å². The minimum atomic E-state index is -3.44. The lowest BCUT2D eigenvalue weighted by molar-refractivity contribution is -0.116. The van der Waals surface area contributed by atoms with Crippen LogP contribution in [0.15, 0.2) is 18.2 Å². The highest BCUT2D eigenvalue weighted by atomic mass is 35.5. The van der Waals surface area contributed by atoms with Crippen LogP contribution in [0.4, 0.5) is 5.69 Å². The van der Waals surface area contributed by atoms with E-state index in [1.807, 2.05) is 0 Å². The molecule has 0 aliphatic heterocycles. The predicted molar refractivity (Wildman–Crippen MR) is 93.5 cm³/mol. The van der Waals surface area contributed by atoms with Crippen molar-refractivity contribution >= 4 is 44.8 Å². The minimum absolute atomic E-state index is 0.0988. The topological polar surface area (TPSA) is 66.5 Å². The van der Waals surface area contributed by atoms with Gasteiger partial charge < -0.3 is 5.32 Å². The number of halogens is 2. The first-order valence-corrected chi connectivity index (χ1v) is 10.1. The smallest absolute Gasteiger partial charge is 0.239 e. The number of carbonyl (C=O) groups excluding carboxylic acids is 1. The maximum absolute atomic E-state index is 12.2. The summed E-state index contributed by atoms with van der Waals surface area (Å²) in [6.07, 6.45) is 5.84. The van der Waals surface area contributed by atoms with Crippen molar-refractivity contribution in [2.45, 2.75) is 38.1 Å². The molecule has 1 aliphatic rings. The molecule has 1 aromatic carbocycles. The molecule has 1 fully saturated rings. The van der Waals surface area contributed by atoms with Crippen molar-refractivity contribution in [3.63, 3.8) is 0 Å². The summed E-state index contributed by atoms with van der Waals surface area (Å²) in [6.45, 7) is -0.191. The number of rotatable bonds is 5. The average molecular weight is 379 g/mol. The molecule has 0 unspecified atom stereocenters. The fraction of sp³-hybridized carbons (Fsp3) is 0.533. The largest absolute Gasteiger partial charge is 0.325 e. The summed E-state index contributed by atoms with van der Waals surface area (Å²) in [6, 6.07) is 4.64. The Labute approximate surface area is 147 Å². The van der Waals surface area contributed by atoms with E-state index in [0.29, 0.717) is 15.7 Å². The molecule has 2 rings (SSSR count). The Kier molecular flexibility index (Phi) is 6.31. The molecule has 1 amide bonds. The number of amides is 1. The minimum Gasteiger partial charge on any atom is -0.325 e. The summed E-state index contributed by atoms with van der Waals surface area (Å²) >= 11 is 11.7. The van der Waals surface area contributed by atoms with Gasteiger partial charge in [0.2, 0.25) is 15.9 Å². The fourth-order valence-electron chi connectivity index (χ4n) is 2.80. The molecule has 0 atom stereocenters. The van der Waals surface area contributed by atoms with E-state index < -0.39 is 10.0 Å². The van der Waals surface area contributed by atoms with Crippen molar-refractivity contribution in [2.75, 3.05) is 18.1 Å². The zero-order valence-electron chi connectivity index (χ0n) is 12.9. The number of benzene rings is 1. The van der Waals surface area contributed by atoms with E-state index in [0.717, 1.165) is 38.4 Å². The number of sulfonamides is 1. The van der Waals surface area contributed by atoms with Crippen molar-refractivity contribution < 1.29 is 13.2 Å². The van der Waals surface area contributed by atoms with Gasteiger partial charge in [0.25, 0.3) is 0 Å². The maximum Gasteiger partial charge on any atom is 0.239 e. The molecule has 0 spiro atoms. The molecule has 0 radical (unpaired) electrons. The molecule has 8 heteroatoms. The van der Waals surface area contributed by atoms with Crippen LogP contribution in [0.5, 0.6) is 0 Å². The predicted octanol–water partition coefficient (Wildman–Crippen LogP) is 3.53. The van der Waals surface area contributed by atoms with E-state index in [2.05, 4.69) is 5.32 Å². The second kappa shape index (κ2) is 7.83. The zero-order chi connectivity index (χ0) is 17.0. The van der Waals surface area contributed by atoms with Gasteiger partial charge in [-0.1, -0.05) is 42.5 Å². The van der Waals surface area contributed by atoms with Gasteiger partial charge in [-0.05, 0) is 31.0 Å². The van der Waals surface area contributed by atoms with Crippen LogP contribution in [0, 0.1) is 0 Å². The van der Waals surface area contributed by atoms with Gasteiger partial charge in [-0.2, -0.15) is 4.31 Å². The van der Waals surface area contributed by atoms with E-state index >= 15 is 0 Å².